The standard InChI is InChI=1S/C26H36ClN3O4S/c1-7-16-28-25(32)19(2)29(17-20-10-8-9-11-23(20)27)24(31)18-30(35(6,33)34)22-14-12-21(13-15-22)26(3,4)5/h8-15,19H,7,16-18H2,1-6H3,(H,28,32)/t19-/m1/s1. The van der Waals surface area contributed by atoms with Crippen LogP contribution in [0.3, 0.4) is 0 Å². The van der Waals surface area contributed by atoms with Crippen molar-refractivity contribution in [1.82, 2.24) is 10.2 Å². The molecule has 1 N–H and O–H groups in total. The Morgan fingerprint density at radius 3 is 2.17 bits per heavy atom. The summed E-state index contributed by atoms with van der Waals surface area (Å²) in [6, 6.07) is 13.4. The second-order valence-corrected chi connectivity index (χ2v) is 12.0. The molecule has 2 aromatic rings. The average molecular weight is 522 g/mol. The lowest BCUT2D eigenvalue weighted by Crippen LogP contribution is -2.51. The van der Waals surface area contributed by atoms with Crippen molar-refractivity contribution >= 4 is 39.1 Å². The van der Waals surface area contributed by atoms with Gasteiger partial charge in [0.2, 0.25) is 21.8 Å². The minimum absolute atomic E-state index is 0.0692. The fourth-order valence-electron chi connectivity index (χ4n) is 3.53. The maximum Gasteiger partial charge on any atom is 0.244 e. The first-order valence-corrected chi connectivity index (χ1v) is 13.9. The monoisotopic (exact) mass is 521 g/mol. The van der Waals surface area contributed by atoms with Crippen LogP contribution in [0.15, 0.2) is 48.5 Å². The number of anilines is 1. The van der Waals surface area contributed by atoms with Gasteiger partial charge in [-0.3, -0.25) is 13.9 Å². The van der Waals surface area contributed by atoms with Crippen LogP contribution in [0.2, 0.25) is 5.02 Å². The van der Waals surface area contributed by atoms with Gasteiger partial charge in [-0.15, -0.1) is 0 Å². The number of nitrogens with zero attached hydrogens (tertiary/aromatic N) is 2. The Hall–Kier alpha value is -2.58. The van der Waals surface area contributed by atoms with Gasteiger partial charge in [0.05, 0.1) is 11.9 Å². The van der Waals surface area contributed by atoms with Crippen LogP contribution in [-0.2, 0) is 31.6 Å². The molecular weight excluding hydrogens is 486 g/mol. The van der Waals surface area contributed by atoms with E-state index in [-0.39, 0.29) is 17.9 Å². The van der Waals surface area contributed by atoms with Gasteiger partial charge in [-0.05, 0) is 48.1 Å². The first-order chi connectivity index (χ1) is 16.3. The molecule has 0 radical (unpaired) electrons. The third-order valence-corrected chi connectivity index (χ3v) is 7.22. The lowest BCUT2D eigenvalue weighted by Gasteiger charge is -2.32. The number of hydrogen-bond acceptors (Lipinski definition) is 4. The number of amides is 2. The minimum atomic E-state index is -3.78. The van der Waals surface area contributed by atoms with E-state index >= 15 is 0 Å². The van der Waals surface area contributed by atoms with Crippen molar-refractivity contribution in [2.75, 3.05) is 23.7 Å². The van der Waals surface area contributed by atoms with Crippen molar-refractivity contribution in [3.8, 4) is 0 Å². The van der Waals surface area contributed by atoms with Crippen LogP contribution in [0.1, 0.15) is 52.2 Å². The normalized spacial score (nSPS) is 12.7. The lowest BCUT2D eigenvalue weighted by atomic mass is 9.87. The Bertz CT molecular complexity index is 1130. The van der Waals surface area contributed by atoms with Gasteiger partial charge in [-0.2, -0.15) is 0 Å². The highest BCUT2D eigenvalue weighted by Crippen LogP contribution is 2.26. The molecule has 0 aliphatic carbocycles. The summed E-state index contributed by atoms with van der Waals surface area (Å²) in [7, 11) is -3.78. The summed E-state index contributed by atoms with van der Waals surface area (Å²) in [5.74, 6) is -0.818. The highest BCUT2D eigenvalue weighted by molar-refractivity contribution is 7.92. The van der Waals surface area contributed by atoms with Crippen LogP contribution in [-0.4, -0.2) is 50.5 Å². The molecular formula is C26H36ClN3O4S. The second kappa shape index (κ2) is 11.9. The van der Waals surface area contributed by atoms with Gasteiger partial charge in [0, 0.05) is 18.1 Å². The van der Waals surface area contributed by atoms with Crippen LogP contribution >= 0.6 is 11.6 Å². The van der Waals surface area contributed by atoms with Gasteiger partial charge in [0.25, 0.3) is 0 Å². The molecule has 2 aromatic carbocycles. The van der Waals surface area contributed by atoms with Gasteiger partial charge in [0.1, 0.15) is 12.6 Å². The largest absolute Gasteiger partial charge is 0.354 e. The van der Waals surface area contributed by atoms with Crippen molar-refractivity contribution in [1.29, 1.82) is 0 Å². The third kappa shape index (κ3) is 7.97. The Morgan fingerprint density at radius 1 is 1.06 bits per heavy atom. The average Bonchev–Trinajstić information content (AvgIpc) is 2.78. The van der Waals surface area contributed by atoms with Gasteiger partial charge in [0.15, 0.2) is 0 Å². The van der Waals surface area contributed by atoms with Crippen molar-refractivity contribution < 1.29 is 18.0 Å². The fraction of sp³-hybridized carbons (Fsp3) is 0.462. The predicted octanol–water partition coefficient (Wildman–Crippen LogP) is 4.35. The fourth-order valence-corrected chi connectivity index (χ4v) is 4.58. The maximum absolute atomic E-state index is 13.5. The number of nitrogens with one attached hydrogen (secondary N) is 1. The maximum atomic E-state index is 13.5. The van der Waals surface area contributed by atoms with Crippen molar-refractivity contribution in [2.45, 2.75) is 59.0 Å². The first kappa shape index (κ1) is 28.7. The van der Waals surface area contributed by atoms with Crippen LogP contribution in [0, 0.1) is 0 Å². The summed E-state index contributed by atoms with van der Waals surface area (Å²) in [5.41, 5.74) is 1.99. The number of rotatable bonds is 10. The summed E-state index contributed by atoms with van der Waals surface area (Å²) in [4.78, 5) is 27.6. The SMILES string of the molecule is CCCNC(=O)[C@@H](C)N(Cc1ccccc1Cl)C(=O)CN(c1ccc(C(C)(C)C)cc1)S(C)(=O)=O. The molecule has 0 aliphatic rings. The molecule has 7 nitrogen and oxygen atoms in total. The Kier molecular flexibility index (Phi) is 9.75. The lowest BCUT2D eigenvalue weighted by molar-refractivity contribution is -0.139. The smallest absolute Gasteiger partial charge is 0.244 e. The molecule has 0 fully saturated rings. The second-order valence-electron chi connectivity index (χ2n) is 9.65. The number of hydrogen-bond donors (Lipinski definition) is 1. The summed E-state index contributed by atoms with van der Waals surface area (Å²) in [6.45, 7) is 9.87. The molecule has 1 atom stereocenters. The number of carbonyl (C=O) groups excluding carboxylic acids is 2. The number of benzene rings is 2. The van der Waals surface area contributed by atoms with Gasteiger partial charge in [-0.25, -0.2) is 8.42 Å². The van der Waals surface area contributed by atoms with Crippen LogP contribution in [0.5, 0.6) is 0 Å². The molecule has 35 heavy (non-hydrogen) atoms. The Morgan fingerprint density at radius 2 is 1.66 bits per heavy atom. The van der Waals surface area contributed by atoms with E-state index in [1.165, 1.54) is 4.90 Å². The Balaban J connectivity index is 2.39. The molecule has 0 unspecified atom stereocenters. The third-order valence-electron chi connectivity index (χ3n) is 5.72. The zero-order valence-corrected chi connectivity index (χ0v) is 22.9. The van der Waals surface area contributed by atoms with E-state index in [1.807, 2.05) is 19.1 Å². The summed E-state index contributed by atoms with van der Waals surface area (Å²) in [5, 5.41) is 3.27. The molecule has 192 valence electrons. The van der Waals surface area contributed by atoms with E-state index in [4.69, 9.17) is 11.6 Å². The van der Waals surface area contributed by atoms with E-state index in [1.54, 1.807) is 43.3 Å². The Labute approximate surface area is 214 Å². The van der Waals surface area contributed by atoms with E-state index in [2.05, 4.69) is 26.1 Å². The summed E-state index contributed by atoms with van der Waals surface area (Å²) >= 11 is 6.32. The van der Waals surface area contributed by atoms with Crippen molar-refractivity contribution in [3.63, 3.8) is 0 Å². The quantitative estimate of drug-likeness (QED) is 0.503. The van der Waals surface area contributed by atoms with E-state index < -0.39 is 28.5 Å². The van der Waals surface area contributed by atoms with Crippen LogP contribution in [0.4, 0.5) is 5.69 Å². The molecule has 2 amide bonds. The summed E-state index contributed by atoms with van der Waals surface area (Å²) in [6.07, 6.45) is 1.82. The number of halogens is 1. The molecule has 0 saturated carbocycles. The molecule has 0 saturated heterocycles. The zero-order valence-electron chi connectivity index (χ0n) is 21.3. The minimum Gasteiger partial charge on any atom is -0.354 e. The van der Waals surface area contributed by atoms with Crippen LogP contribution < -0.4 is 9.62 Å². The molecule has 0 bridgehead atoms. The zero-order chi connectivity index (χ0) is 26.4. The first-order valence-electron chi connectivity index (χ1n) is 11.6. The number of sulfonamides is 1. The number of carbonyl (C=O) groups is 2. The van der Waals surface area contributed by atoms with E-state index in [9.17, 15) is 18.0 Å². The molecule has 0 spiro atoms. The molecule has 0 aliphatic heterocycles. The van der Waals surface area contributed by atoms with Gasteiger partial charge < -0.3 is 10.2 Å². The molecule has 2 rings (SSSR count). The molecule has 0 heterocycles. The highest BCUT2D eigenvalue weighted by Gasteiger charge is 2.30. The summed E-state index contributed by atoms with van der Waals surface area (Å²) < 4.78 is 26.4. The van der Waals surface area contributed by atoms with E-state index in [0.29, 0.717) is 22.8 Å². The van der Waals surface area contributed by atoms with Crippen molar-refractivity contribution in [2.24, 2.45) is 0 Å². The van der Waals surface area contributed by atoms with Crippen molar-refractivity contribution in [3.05, 3.63) is 64.7 Å². The molecule has 9 heteroatoms. The topological polar surface area (TPSA) is 86.8 Å². The van der Waals surface area contributed by atoms with Crippen LogP contribution in [0.25, 0.3) is 0 Å². The van der Waals surface area contributed by atoms with E-state index in [0.717, 1.165) is 22.5 Å². The highest BCUT2D eigenvalue weighted by atomic mass is 35.5. The predicted molar refractivity (Wildman–Crippen MR) is 142 cm³/mol. The van der Waals surface area contributed by atoms with Gasteiger partial charge >= 0.3 is 0 Å². The van der Waals surface area contributed by atoms with Gasteiger partial charge in [-0.1, -0.05) is 69.6 Å². The molecule has 0 aromatic heterocycles.